The van der Waals surface area contributed by atoms with Gasteiger partial charge in [-0.2, -0.15) is 0 Å². The summed E-state index contributed by atoms with van der Waals surface area (Å²) in [5.41, 5.74) is 6.67. The van der Waals surface area contributed by atoms with Crippen LogP contribution < -0.4 is 16.4 Å². The predicted molar refractivity (Wildman–Crippen MR) is 84.5 cm³/mol. The van der Waals surface area contributed by atoms with Gasteiger partial charge in [0.15, 0.2) is 0 Å². The van der Waals surface area contributed by atoms with Gasteiger partial charge in [-0.1, -0.05) is 24.9 Å². The van der Waals surface area contributed by atoms with Crippen molar-refractivity contribution in [1.29, 1.82) is 0 Å². The van der Waals surface area contributed by atoms with Crippen LogP contribution >= 0.6 is 24.0 Å². The van der Waals surface area contributed by atoms with Gasteiger partial charge >= 0.3 is 0 Å². The number of nitrogens with two attached hydrogens (primary N) is 1. The average Bonchev–Trinajstić information content (AvgIpc) is 2.32. The molecule has 0 saturated heterocycles. The minimum absolute atomic E-state index is 0. The van der Waals surface area contributed by atoms with Crippen molar-refractivity contribution < 1.29 is 9.59 Å². The van der Waals surface area contributed by atoms with Gasteiger partial charge in [0.2, 0.25) is 11.8 Å². The Bertz CT molecular complexity index is 481. The summed E-state index contributed by atoms with van der Waals surface area (Å²) in [6, 6.07) is 4.27. The van der Waals surface area contributed by atoms with E-state index >= 15 is 0 Å². The van der Waals surface area contributed by atoms with Crippen molar-refractivity contribution in [2.45, 2.75) is 32.7 Å². The van der Waals surface area contributed by atoms with E-state index in [1.807, 2.05) is 6.92 Å². The summed E-state index contributed by atoms with van der Waals surface area (Å²) in [7, 11) is 0. The number of nitrogens with one attached hydrogen (secondary N) is 2. The molecule has 20 heavy (non-hydrogen) atoms. The molecule has 1 aromatic rings. The van der Waals surface area contributed by atoms with Crippen LogP contribution in [-0.4, -0.2) is 17.9 Å². The smallest absolute Gasteiger partial charge is 0.241 e. The Labute approximate surface area is 129 Å². The van der Waals surface area contributed by atoms with E-state index < -0.39 is 6.04 Å². The number of benzene rings is 1. The molecule has 0 heterocycles. The number of carbonyl (C=O) groups is 2. The molecule has 1 unspecified atom stereocenters. The molecule has 0 bridgehead atoms. The van der Waals surface area contributed by atoms with Gasteiger partial charge in [-0.25, -0.2) is 0 Å². The highest BCUT2D eigenvalue weighted by Crippen LogP contribution is 2.26. The first kappa shape index (κ1) is 18.7. The van der Waals surface area contributed by atoms with Crippen LogP contribution in [0.5, 0.6) is 0 Å². The number of halogens is 2. The number of amides is 2. The molecule has 0 aliphatic heterocycles. The summed E-state index contributed by atoms with van der Waals surface area (Å²) in [4.78, 5) is 23.0. The molecule has 0 aliphatic carbocycles. The van der Waals surface area contributed by atoms with Crippen LogP contribution in [0.4, 0.5) is 11.4 Å². The van der Waals surface area contributed by atoms with Crippen LogP contribution in [0.15, 0.2) is 18.2 Å². The molecule has 1 atom stereocenters. The van der Waals surface area contributed by atoms with Crippen LogP contribution in [-0.2, 0) is 9.59 Å². The molecule has 0 aromatic heterocycles. The molecule has 0 radical (unpaired) electrons. The first-order chi connectivity index (χ1) is 8.93. The molecular formula is C13H19Cl2N3O2. The summed E-state index contributed by atoms with van der Waals surface area (Å²) in [6.07, 6.45) is 1.43. The van der Waals surface area contributed by atoms with E-state index in [0.29, 0.717) is 22.8 Å². The Balaban J connectivity index is 0.00000361. The fourth-order valence-electron chi connectivity index (χ4n) is 1.59. The van der Waals surface area contributed by atoms with Crippen molar-refractivity contribution in [3.8, 4) is 0 Å². The van der Waals surface area contributed by atoms with Crippen molar-refractivity contribution in [3.63, 3.8) is 0 Å². The molecule has 7 heteroatoms. The molecule has 1 rings (SSSR count). The van der Waals surface area contributed by atoms with Gasteiger partial charge in [0, 0.05) is 11.9 Å². The molecule has 1 aromatic carbocycles. The lowest BCUT2D eigenvalue weighted by Gasteiger charge is -2.15. The zero-order valence-electron chi connectivity index (χ0n) is 11.4. The Morgan fingerprint density at radius 3 is 2.50 bits per heavy atom. The second kappa shape index (κ2) is 8.79. The molecule has 0 saturated carbocycles. The van der Waals surface area contributed by atoms with E-state index in [9.17, 15) is 9.59 Å². The average molecular weight is 320 g/mol. The fourth-order valence-corrected chi connectivity index (χ4v) is 1.76. The zero-order valence-corrected chi connectivity index (χ0v) is 13.0. The standard InChI is InChI=1S/C13H18ClN3O2.ClH/c1-3-4-10(15)13(19)17-11-6-5-9(14)7-12(11)16-8(2)18;/h5-7,10H,3-4,15H2,1-2H3,(H,16,18)(H,17,19);1H. The summed E-state index contributed by atoms with van der Waals surface area (Å²) in [6.45, 7) is 3.34. The van der Waals surface area contributed by atoms with Gasteiger partial charge in [0.1, 0.15) is 0 Å². The maximum Gasteiger partial charge on any atom is 0.241 e. The lowest BCUT2D eigenvalue weighted by atomic mass is 10.1. The second-order valence-corrected chi connectivity index (χ2v) is 4.69. The molecule has 5 nitrogen and oxygen atoms in total. The summed E-state index contributed by atoms with van der Waals surface area (Å²) >= 11 is 5.86. The van der Waals surface area contributed by atoms with Gasteiger partial charge < -0.3 is 16.4 Å². The Kier molecular flexibility index (Phi) is 8.22. The van der Waals surface area contributed by atoms with Gasteiger partial charge in [0.05, 0.1) is 17.4 Å². The highest BCUT2D eigenvalue weighted by molar-refractivity contribution is 6.31. The first-order valence-corrected chi connectivity index (χ1v) is 6.45. The fraction of sp³-hybridized carbons (Fsp3) is 0.385. The van der Waals surface area contributed by atoms with E-state index in [0.717, 1.165) is 6.42 Å². The third kappa shape index (κ3) is 5.77. The summed E-state index contributed by atoms with van der Waals surface area (Å²) < 4.78 is 0. The van der Waals surface area contributed by atoms with E-state index in [1.165, 1.54) is 6.92 Å². The Morgan fingerprint density at radius 2 is 1.95 bits per heavy atom. The number of hydrogen-bond donors (Lipinski definition) is 3. The SMILES string of the molecule is CCCC(N)C(=O)Nc1ccc(Cl)cc1NC(C)=O.Cl. The van der Waals surface area contributed by atoms with Crippen molar-refractivity contribution in [3.05, 3.63) is 23.2 Å². The van der Waals surface area contributed by atoms with Crippen LogP contribution in [0.3, 0.4) is 0 Å². The monoisotopic (exact) mass is 319 g/mol. The topological polar surface area (TPSA) is 84.2 Å². The van der Waals surface area contributed by atoms with Crippen molar-refractivity contribution in [2.24, 2.45) is 5.73 Å². The Hall–Kier alpha value is -1.30. The summed E-state index contributed by atoms with van der Waals surface area (Å²) in [5, 5.41) is 5.77. The van der Waals surface area contributed by atoms with E-state index in [4.69, 9.17) is 17.3 Å². The number of anilines is 2. The molecular weight excluding hydrogens is 301 g/mol. The molecule has 0 spiro atoms. The van der Waals surface area contributed by atoms with E-state index in [1.54, 1.807) is 18.2 Å². The van der Waals surface area contributed by atoms with Crippen molar-refractivity contribution in [2.75, 3.05) is 10.6 Å². The van der Waals surface area contributed by atoms with Crippen molar-refractivity contribution >= 4 is 47.2 Å². The highest BCUT2D eigenvalue weighted by atomic mass is 35.5. The molecule has 0 fully saturated rings. The Morgan fingerprint density at radius 1 is 1.30 bits per heavy atom. The number of rotatable bonds is 5. The minimum Gasteiger partial charge on any atom is -0.324 e. The van der Waals surface area contributed by atoms with Gasteiger partial charge in [-0.15, -0.1) is 12.4 Å². The third-order valence-corrected chi connectivity index (χ3v) is 2.72. The van der Waals surface area contributed by atoms with E-state index in [-0.39, 0.29) is 24.2 Å². The molecule has 112 valence electrons. The number of hydrogen-bond acceptors (Lipinski definition) is 3. The second-order valence-electron chi connectivity index (χ2n) is 4.26. The summed E-state index contributed by atoms with van der Waals surface area (Å²) in [5.74, 6) is -0.522. The van der Waals surface area contributed by atoms with Crippen LogP contribution in [0, 0.1) is 0 Å². The first-order valence-electron chi connectivity index (χ1n) is 6.07. The van der Waals surface area contributed by atoms with Crippen LogP contribution in [0.25, 0.3) is 0 Å². The van der Waals surface area contributed by atoms with Crippen LogP contribution in [0.2, 0.25) is 5.02 Å². The maximum absolute atomic E-state index is 11.8. The van der Waals surface area contributed by atoms with Gasteiger partial charge in [0.25, 0.3) is 0 Å². The van der Waals surface area contributed by atoms with E-state index in [2.05, 4.69) is 10.6 Å². The molecule has 0 aliphatic rings. The lowest BCUT2D eigenvalue weighted by Crippen LogP contribution is -2.35. The largest absolute Gasteiger partial charge is 0.324 e. The maximum atomic E-state index is 11.8. The van der Waals surface area contributed by atoms with Gasteiger partial charge in [-0.05, 0) is 24.6 Å². The third-order valence-electron chi connectivity index (χ3n) is 2.49. The molecule has 4 N–H and O–H groups in total. The van der Waals surface area contributed by atoms with Crippen molar-refractivity contribution in [1.82, 2.24) is 0 Å². The molecule has 2 amide bonds. The minimum atomic E-state index is -0.564. The highest BCUT2D eigenvalue weighted by Gasteiger charge is 2.14. The predicted octanol–water partition coefficient (Wildman–Crippen LogP) is 2.79. The van der Waals surface area contributed by atoms with Gasteiger partial charge in [-0.3, -0.25) is 9.59 Å². The quantitative estimate of drug-likeness (QED) is 0.780. The zero-order chi connectivity index (χ0) is 14.4. The van der Waals surface area contributed by atoms with Crippen LogP contribution in [0.1, 0.15) is 26.7 Å². The normalized spacial score (nSPS) is 11.2. The number of carbonyl (C=O) groups excluding carboxylic acids is 2. The lowest BCUT2D eigenvalue weighted by molar-refractivity contribution is -0.117.